The van der Waals surface area contributed by atoms with Crippen LogP contribution in [-0.4, -0.2) is 40.6 Å². The topological polar surface area (TPSA) is 68.5 Å². The van der Waals surface area contributed by atoms with Crippen LogP contribution in [0.2, 0.25) is 0 Å². The summed E-state index contributed by atoms with van der Waals surface area (Å²) >= 11 is 0. The maximum Gasteiger partial charge on any atom is 0.227 e. The number of carbonyl (C=O) groups excluding carboxylic acids is 1. The van der Waals surface area contributed by atoms with Crippen molar-refractivity contribution in [3.8, 4) is 11.3 Å². The van der Waals surface area contributed by atoms with Gasteiger partial charge in [-0.3, -0.25) is 4.79 Å². The first-order valence-corrected chi connectivity index (χ1v) is 10.1. The summed E-state index contributed by atoms with van der Waals surface area (Å²) in [7, 11) is 0. The van der Waals surface area contributed by atoms with Crippen LogP contribution in [0, 0.1) is 12.7 Å². The summed E-state index contributed by atoms with van der Waals surface area (Å²) in [6.07, 6.45) is 0.418. The Bertz CT molecular complexity index is 1050. The van der Waals surface area contributed by atoms with E-state index in [1.807, 2.05) is 32.0 Å². The fraction of sp³-hybridized carbons (Fsp3) is 0.348. The van der Waals surface area contributed by atoms with Crippen molar-refractivity contribution in [1.29, 1.82) is 0 Å². The SMILES string of the molecule is CCc1onc(C)c1-c1cccc([C@H]2CN(C(=O)Cc3ccccc3F)CCO2)n1. The van der Waals surface area contributed by atoms with Gasteiger partial charge < -0.3 is 14.2 Å². The van der Waals surface area contributed by atoms with E-state index in [1.54, 1.807) is 23.1 Å². The largest absolute Gasteiger partial charge is 0.368 e. The van der Waals surface area contributed by atoms with Gasteiger partial charge in [0.25, 0.3) is 0 Å². The van der Waals surface area contributed by atoms with E-state index in [2.05, 4.69) is 5.16 Å². The molecule has 0 spiro atoms. The van der Waals surface area contributed by atoms with Gasteiger partial charge in [0.2, 0.25) is 5.91 Å². The number of hydrogen-bond donors (Lipinski definition) is 0. The first kappa shape index (κ1) is 20.2. The number of aryl methyl sites for hydroxylation is 2. The van der Waals surface area contributed by atoms with E-state index in [-0.39, 0.29) is 24.2 Å². The molecule has 1 aliphatic heterocycles. The van der Waals surface area contributed by atoms with Crippen molar-refractivity contribution in [2.24, 2.45) is 0 Å². The standard InChI is InChI=1S/C23H24FN3O3/c1-3-20-23(15(2)26-30-20)19-10-6-9-18(25-19)21-14-27(11-12-29-21)22(28)13-16-7-4-5-8-17(16)24/h4-10,21H,3,11-14H2,1-2H3/t21-/m1/s1. The van der Waals surface area contributed by atoms with Gasteiger partial charge in [-0.15, -0.1) is 0 Å². The Hall–Kier alpha value is -3.06. The lowest BCUT2D eigenvalue weighted by atomic mass is 10.1. The minimum atomic E-state index is -0.360. The number of pyridine rings is 1. The van der Waals surface area contributed by atoms with Gasteiger partial charge in [-0.2, -0.15) is 0 Å². The van der Waals surface area contributed by atoms with Crippen molar-refractivity contribution in [2.45, 2.75) is 32.8 Å². The number of rotatable bonds is 5. The molecule has 6 nitrogen and oxygen atoms in total. The zero-order chi connectivity index (χ0) is 21.1. The number of nitrogens with zero attached hydrogens (tertiary/aromatic N) is 3. The highest BCUT2D eigenvalue weighted by atomic mass is 19.1. The minimum Gasteiger partial charge on any atom is -0.368 e. The second kappa shape index (κ2) is 8.75. The van der Waals surface area contributed by atoms with Gasteiger partial charge in [0, 0.05) is 13.0 Å². The summed E-state index contributed by atoms with van der Waals surface area (Å²) in [6.45, 7) is 5.18. The summed E-state index contributed by atoms with van der Waals surface area (Å²) < 4.78 is 25.2. The second-order valence-corrected chi connectivity index (χ2v) is 7.33. The Kier molecular flexibility index (Phi) is 5.90. The first-order valence-electron chi connectivity index (χ1n) is 10.1. The molecule has 1 atom stereocenters. The third-order valence-corrected chi connectivity index (χ3v) is 5.33. The van der Waals surface area contributed by atoms with Crippen LogP contribution in [0.1, 0.15) is 35.7 Å². The molecule has 2 aromatic heterocycles. The van der Waals surface area contributed by atoms with E-state index in [4.69, 9.17) is 14.2 Å². The number of hydrogen-bond acceptors (Lipinski definition) is 5. The summed E-state index contributed by atoms with van der Waals surface area (Å²) in [6, 6.07) is 12.1. The number of amides is 1. The Balaban J connectivity index is 1.52. The van der Waals surface area contributed by atoms with Crippen LogP contribution in [-0.2, 0) is 22.4 Å². The molecule has 3 heterocycles. The van der Waals surface area contributed by atoms with Crippen molar-refractivity contribution in [3.05, 3.63) is 71.0 Å². The lowest BCUT2D eigenvalue weighted by Crippen LogP contribution is -2.43. The molecule has 156 valence electrons. The minimum absolute atomic E-state index is 0.0343. The molecular formula is C23H24FN3O3. The number of morpholine rings is 1. The molecule has 0 N–H and O–H groups in total. The molecule has 1 aliphatic rings. The quantitative estimate of drug-likeness (QED) is 0.640. The molecule has 1 fully saturated rings. The van der Waals surface area contributed by atoms with Crippen molar-refractivity contribution in [2.75, 3.05) is 19.7 Å². The van der Waals surface area contributed by atoms with Crippen LogP contribution < -0.4 is 0 Å². The molecule has 4 rings (SSSR count). The van der Waals surface area contributed by atoms with Crippen LogP contribution in [0.5, 0.6) is 0 Å². The van der Waals surface area contributed by atoms with Crippen molar-refractivity contribution >= 4 is 5.91 Å². The van der Waals surface area contributed by atoms with Gasteiger partial charge in [-0.05, 0) is 30.7 Å². The maximum absolute atomic E-state index is 13.9. The summed E-state index contributed by atoms with van der Waals surface area (Å²) in [4.78, 5) is 19.2. The van der Waals surface area contributed by atoms with Crippen molar-refractivity contribution < 1.29 is 18.4 Å². The van der Waals surface area contributed by atoms with E-state index in [0.717, 1.165) is 34.8 Å². The molecule has 0 saturated carbocycles. The van der Waals surface area contributed by atoms with E-state index < -0.39 is 0 Å². The van der Waals surface area contributed by atoms with Crippen LogP contribution in [0.25, 0.3) is 11.3 Å². The highest BCUT2D eigenvalue weighted by Gasteiger charge is 2.27. The molecule has 1 saturated heterocycles. The van der Waals surface area contributed by atoms with Gasteiger partial charge in [-0.25, -0.2) is 9.37 Å². The van der Waals surface area contributed by atoms with E-state index in [9.17, 15) is 9.18 Å². The number of benzene rings is 1. The molecule has 0 bridgehead atoms. The first-order chi connectivity index (χ1) is 14.6. The molecule has 30 heavy (non-hydrogen) atoms. The number of ether oxygens (including phenoxy) is 1. The summed E-state index contributed by atoms with van der Waals surface area (Å²) in [5.41, 5.74) is 3.63. The zero-order valence-corrected chi connectivity index (χ0v) is 17.1. The van der Waals surface area contributed by atoms with Crippen LogP contribution >= 0.6 is 0 Å². The zero-order valence-electron chi connectivity index (χ0n) is 17.1. The molecule has 0 unspecified atom stereocenters. The average molecular weight is 409 g/mol. The van der Waals surface area contributed by atoms with E-state index in [0.29, 0.717) is 25.3 Å². The Labute approximate surface area is 174 Å². The molecule has 1 amide bonds. The predicted molar refractivity (Wildman–Crippen MR) is 109 cm³/mol. The van der Waals surface area contributed by atoms with Crippen molar-refractivity contribution in [1.82, 2.24) is 15.0 Å². The van der Waals surface area contributed by atoms with Gasteiger partial charge in [0.05, 0.1) is 42.2 Å². The lowest BCUT2D eigenvalue weighted by molar-refractivity contribution is -0.138. The Morgan fingerprint density at radius 2 is 2.07 bits per heavy atom. The van der Waals surface area contributed by atoms with Crippen LogP contribution in [0.4, 0.5) is 4.39 Å². The fourth-order valence-corrected chi connectivity index (χ4v) is 3.73. The molecule has 0 radical (unpaired) electrons. The van der Waals surface area contributed by atoms with Gasteiger partial charge in [0.1, 0.15) is 17.7 Å². The summed E-state index contributed by atoms with van der Waals surface area (Å²) in [5, 5.41) is 4.06. The molecule has 1 aromatic carbocycles. The average Bonchev–Trinajstić information content (AvgIpc) is 3.16. The Morgan fingerprint density at radius 1 is 1.23 bits per heavy atom. The number of carbonyl (C=O) groups is 1. The predicted octanol–water partition coefficient (Wildman–Crippen LogP) is 3.89. The highest BCUT2D eigenvalue weighted by Crippen LogP contribution is 2.29. The normalized spacial score (nSPS) is 16.6. The highest BCUT2D eigenvalue weighted by molar-refractivity contribution is 5.79. The third kappa shape index (κ3) is 4.11. The fourth-order valence-electron chi connectivity index (χ4n) is 3.73. The molecule has 0 aliphatic carbocycles. The molecule has 7 heteroatoms. The summed E-state index contributed by atoms with van der Waals surface area (Å²) in [5.74, 6) is 0.317. The van der Waals surface area contributed by atoms with Crippen molar-refractivity contribution in [3.63, 3.8) is 0 Å². The smallest absolute Gasteiger partial charge is 0.227 e. The number of halogens is 1. The van der Waals surface area contributed by atoms with Gasteiger partial charge >= 0.3 is 0 Å². The van der Waals surface area contributed by atoms with Crippen LogP contribution in [0.3, 0.4) is 0 Å². The number of aromatic nitrogens is 2. The van der Waals surface area contributed by atoms with E-state index >= 15 is 0 Å². The van der Waals surface area contributed by atoms with Gasteiger partial charge in [0.15, 0.2) is 0 Å². The maximum atomic E-state index is 13.9. The molecule has 3 aromatic rings. The lowest BCUT2D eigenvalue weighted by Gasteiger charge is -2.33. The second-order valence-electron chi connectivity index (χ2n) is 7.33. The monoisotopic (exact) mass is 409 g/mol. The van der Waals surface area contributed by atoms with E-state index in [1.165, 1.54) is 6.07 Å². The van der Waals surface area contributed by atoms with Crippen LogP contribution in [0.15, 0.2) is 47.0 Å². The van der Waals surface area contributed by atoms with Gasteiger partial charge in [-0.1, -0.05) is 36.3 Å². The Morgan fingerprint density at radius 3 is 2.87 bits per heavy atom. The third-order valence-electron chi connectivity index (χ3n) is 5.33. The molecular weight excluding hydrogens is 385 g/mol.